The lowest BCUT2D eigenvalue weighted by Gasteiger charge is -2.27. The second-order valence-electron chi connectivity index (χ2n) is 5.84. The van der Waals surface area contributed by atoms with E-state index in [-0.39, 0.29) is 0 Å². The molecule has 0 fully saturated rings. The van der Waals surface area contributed by atoms with Crippen molar-refractivity contribution in [1.82, 2.24) is 14.9 Å². The van der Waals surface area contributed by atoms with Crippen LogP contribution < -0.4 is 0 Å². The van der Waals surface area contributed by atoms with Crippen LogP contribution in [0.1, 0.15) is 17.0 Å². The zero-order chi connectivity index (χ0) is 16.5. The summed E-state index contributed by atoms with van der Waals surface area (Å²) < 4.78 is 5.44. The highest BCUT2D eigenvalue weighted by Crippen LogP contribution is 2.24. The van der Waals surface area contributed by atoms with Gasteiger partial charge in [0.25, 0.3) is 0 Å². The van der Waals surface area contributed by atoms with E-state index in [4.69, 9.17) is 32.6 Å². The molecule has 0 unspecified atom stereocenters. The minimum Gasteiger partial charge on any atom is -0.448 e. The van der Waals surface area contributed by atoms with Gasteiger partial charge in [0.2, 0.25) is 0 Å². The Labute approximate surface area is 150 Å². The van der Waals surface area contributed by atoms with Gasteiger partial charge in [-0.05, 0) is 48.0 Å². The molecular formula is C18H15Cl2N3O. The van der Waals surface area contributed by atoms with Crippen LogP contribution in [0.25, 0.3) is 11.4 Å². The minimum absolute atomic E-state index is 0.429. The van der Waals surface area contributed by atoms with Crippen LogP contribution in [-0.4, -0.2) is 21.4 Å². The molecule has 3 aromatic rings. The molecule has 4 rings (SSSR count). The Balaban J connectivity index is 1.52. The van der Waals surface area contributed by atoms with E-state index in [0.29, 0.717) is 10.2 Å². The summed E-state index contributed by atoms with van der Waals surface area (Å²) in [5.74, 6) is 1.62. The fourth-order valence-electron chi connectivity index (χ4n) is 2.90. The van der Waals surface area contributed by atoms with Gasteiger partial charge in [0, 0.05) is 41.9 Å². The first-order chi connectivity index (χ1) is 11.7. The highest BCUT2D eigenvalue weighted by Gasteiger charge is 2.19. The number of rotatable bonds is 3. The molecule has 4 nitrogen and oxygen atoms in total. The molecule has 1 aliphatic rings. The van der Waals surface area contributed by atoms with E-state index in [1.165, 1.54) is 0 Å². The highest BCUT2D eigenvalue weighted by atomic mass is 35.5. The van der Waals surface area contributed by atoms with Crippen molar-refractivity contribution in [1.29, 1.82) is 0 Å². The number of aromatic nitrogens is 2. The molecule has 2 aromatic heterocycles. The molecule has 122 valence electrons. The molecule has 0 radical (unpaired) electrons. The van der Waals surface area contributed by atoms with Crippen molar-refractivity contribution in [3.63, 3.8) is 0 Å². The third-order valence-electron chi connectivity index (χ3n) is 4.12. The smallest absolute Gasteiger partial charge is 0.193 e. The number of halogens is 2. The van der Waals surface area contributed by atoms with Crippen LogP contribution in [0.4, 0.5) is 0 Å². The largest absolute Gasteiger partial charge is 0.448 e. The summed E-state index contributed by atoms with van der Waals surface area (Å²) in [6.45, 7) is 2.49. The van der Waals surface area contributed by atoms with Crippen LogP contribution in [0.2, 0.25) is 10.2 Å². The fraction of sp³-hybridized carbons (Fsp3) is 0.222. The molecule has 0 spiro atoms. The van der Waals surface area contributed by atoms with Gasteiger partial charge >= 0.3 is 0 Å². The predicted molar refractivity (Wildman–Crippen MR) is 94.0 cm³/mol. The lowest BCUT2D eigenvalue weighted by molar-refractivity contribution is 0.223. The third-order valence-corrected chi connectivity index (χ3v) is 4.58. The van der Waals surface area contributed by atoms with Gasteiger partial charge in [0.15, 0.2) is 11.0 Å². The van der Waals surface area contributed by atoms with Gasteiger partial charge in [-0.1, -0.05) is 11.6 Å². The molecule has 0 saturated carbocycles. The van der Waals surface area contributed by atoms with E-state index in [0.717, 1.165) is 54.5 Å². The normalized spacial score (nSPS) is 14.6. The maximum Gasteiger partial charge on any atom is 0.193 e. The molecule has 0 N–H and O–H groups in total. The minimum atomic E-state index is 0.429. The molecule has 3 heterocycles. The van der Waals surface area contributed by atoms with Crippen LogP contribution in [-0.2, 0) is 19.5 Å². The van der Waals surface area contributed by atoms with E-state index in [1.807, 2.05) is 36.5 Å². The van der Waals surface area contributed by atoms with Gasteiger partial charge in [0.1, 0.15) is 5.76 Å². The maximum atomic E-state index is 5.94. The predicted octanol–water partition coefficient (Wildman–Crippen LogP) is 4.60. The Kier molecular flexibility index (Phi) is 4.27. The zero-order valence-corrected chi connectivity index (χ0v) is 14.4. The number of hydrogen-bond acceptors (Lipinski definition) is 4. The van der Waals surface area contributed by atoms with Crippen molar-refractivity contribution in [3.05, 3.63) is 69.9 Å². The molecule has 24 heavy (non-hydrogen) atoms. The summed E-state index contributed by atoms with van der Waals surface area (Å²) in [6.07, 6.45) is 2.82. The van der Waals surface area contributed by atoms with E-state index in [2.05, 4.69) is 9.88 Å². The Bertz CT molecular complexity index is 861. The fourth-order valence-corrected chi connectivity index (χ4v) is 3.19. The van der Waals surface area contributed by atoms with E-state index in [1.54, 1.807) is 6.07 Å². The SMILES string of the molecule is Clc1ccc(-c2ncc3c(n2)CCN(Cc2ccc(Cl)o2)C3)cc1. The second-order valence-corrected chi connectivity index (χ2v) is 6.65. The first kappa shape index (κ1) is 15.6. The average Bonchev–Trinajstić information content (AvgIpc) is 3.00. The summed E-state index contributed by atoms with van der Waals surface area (Å²) >= 11 is 11.8. The van der Waals surface area contributed by atoms with Crippen LogP contribution in [0, 0.1) is 0 Å². The molecule has 1 aliphatic heterocycles. The van der Waals surface area contributed by atoms with Gasteiger partial charge < -0.3 is 4.42 Å². The topological polar surface area (TPSA) is 42.2 Å². The lowest BCUT2D eigenvalue weighted by atomic mass is 10.1. The first-order valence-corrected chi connectivity index (χ1v) is 8.50. The first-order valence-electron chi connectivity index (χ1n) is 7.75. The number of benzene rings is 1. The average molecular weight is 360 g/mol. The van der Waals surface area contributed by atoms with E-state index in [9.17, 15) is 0 Å². The van der Waals surface area contributed by atoms with Gasteiger partial charge in [0.05, 0.1) is 12.2 Å². The molecule has 0 bridgehead atoms. The van der Waals surface area contributed by atoms with Crippen molar-refractivity contribution in [2.75, 3.05) is 6.54 Å². The highest BCUT2D eigenvalue weighted by molar-refractivity contribution is 6.30. The summed E-state index contributed by atoms with van der Waals surface area (Å²) in [7, 11) is 0. The number of fused-ring (bicyclic) bond motifs is 1. The standard InChI is InChI=1S/C18H15Cl2N3O/c19-14-3-1-12(2-4-14)18-21-9-13-10-23(8-7-16(13)22-18)11-15-5-6-17(20)24-15/h1-6,9H,7-8,10-11H2. The van der Waals surface area contributed by atoms with E-state index < -0.39 is 0 Å². The maximum absolute atomic E-state index is 5.94. The molecule has 0 aliphatic carbocycles. The number of hydrogen-bond donors (Lipinski definition) is 0. The van der Waals surface area contributed by atoms with Crippen molar-refractivity contribution in [3.8, 4) is 11.4 Å². The Morgan fingerprint density at radius 1 is 1.08 bits per heavy atom. The Morgan fingerprint density at radius 2 is 1.92 bits per heavy atom. The molecule has 0 saturated heterocycles. The molecule has 0 atom stereocenters. The monoisotopic (exact) mass is 359 g/mol. The van der Waals surface area contributed by atoms with E-state index >= 15 is 0 Å². The molecule has 0 amide bonds. The van der Waals surface area contributed by atoms with Gasteiger partial charge in [-0.3, -0.25) is 4.90 Å². The zero-order valence-electron chi connectivity index (χ0n) is 12.9. The summed E-state index contributed by atoms with van der Waals surface area (Å²) in [4.78, 5) is 11.6. The van der Waals surface area contributed by atoms with Crippen LogP contribution in [0.15, 0.2) is 47.0 Å². The number of furan rings is 1. The lowest BCUT2D eigenvalue weighted by Crippen LogP contribution is -2.30. The third kappa shape index (κ3) is 3.31. The van der Waals surface area contributed by atoms with Crippen molar-refractivity contribution < 1.29 is 4.42 Å². The van der Waals surface area contributed by atoms with Crippen molar-refractivity contribution in [2.45, 2.75) is 19.5 Å². The number of nitrogens with zero attached hydrogens (tertiary/aromatic N) is 3. The van der Waals surface area contributed by atoms with Gasteiger partial charge in [-0.2, -0.15) is 0 Å². The quantitative estimate of drug-likeness (QED) is 0.685. The Morgan fingerprint density at radius 3 is 2.67 bits per heavy atom. The molecule has 1 aromatic carbocycles. The molecule has 6 heteroatoms. The van der Waals surface area contributed by atoms with Crippen molar-refractivity contribution in [2.24, 2.45) is 0 Å². The van der Waals surface area contributed by atoms with Crippen LogP contribution in [0.3, 0.4) is 0 Å². The van der Waals surface area contributed by atoms with Crippen LogP contribution in [0.5, 0.6) is 0 Å². The summed E-state index contributed by atoms with van der Waals surface area (Å²) in [5, 5.41) is 1.14. The van der Waals surface area contributed by atoms with Crippen LogP contribution >= 0.6 is 23.2 Å². The second kappa shape index (κ2) is 6.55. The van der Waals surface area contributed by atoms with Crippen molar-refractivity contribution >= 4 is 23.2 Å². The van der Waals surface area contributed by atoms with Gasteiger partial charge in [-0.25, -0.2) is 9.97 Å². The summed E-state index contributed by atoms with van der Waals surface area (Å²) in [6, 6.07) is 11.3. The molecular weight excluding hydrogens is 345 g/mol. The Hall–Kier alpha value is -1.88. The van der Waals surface area contributed by atoms with Gasteiger partial charge in [-0.15, -0.1) is 0 Å². The summed E-state index contributed by atoms with van der Waals surface area (Å²) in [5.41, 5.74) is 3.26.